The first-order valence-electron chi connectivity index (χ1n) is 4.99. The number of fused-ring (bicyclic) bond motifs is 1. The highest BCUT2D eigenvalue weighted by molar-refractivity contribution is 6.16. The number of methoxy groups -OCH3 is 1. The van der Waals surface area contributed by atoms with Crippen LogP contribution in [0.25, 0.3) is 11.0 Å². The van der Waals surface area contributed by atoms with E-state index < -0.39 is 5.82 Å². The molecule has 0 fully saturated rings. The van der Waals surface area contributed by atoms with E-state index >= 15 is 0 Å². The molecule has 16 heavy (non-hydrogen) atoms. The van der Waals surface area contributed by atoms with Crippen LogP contribution in [-0.2, 0) is 12.4 Å². The van der Waals surface area contributed by atoms with Crippen LogP contribution in [0, 0.1) is 5.82 Å². The summed E-state index contributed by atoms with van der Waals surface area (Å²) in [5.74, 6) is 0.874. The lowest BCUT2D eigenvalue weighted by Gasteiger charge is -2.05. The van der Waals surface area contributed by atoms with Gasteiger partial charge in [-0.25, -0.2) is 9.37 Å². The van der Waals surface area contributed by atoms with Crippen molar-refractivity contribution in [2.24, 2.45) is 0 Å². The largest absolute Gasteiger partial charge is 0.494 e. The molecule has 0 saturated heterocycles. The van der Waals surface area contributed by atoms with Gasteiger partial charge in [-0.2, -0.15) is 0 Å². The third-order valence-electron chi connectivity index (χ3n) is 2.54. The van der Waals surface area contributed by atoms with E-state index in [0.717, 1.165) is 17.9 Å². The zero-order valence-electron chi connectivity index (χ0n) is 9.13. The molecule has 2 aromatic rings. The first kappa shape index (κ1) is 11.2. The van der Waals surface area contributed by atoms with E-state index in [0.29, 0.717) is 11.4 Å². The van der Waals surface area contributed by atoms with E-state index in [1.165, 1.54) is 13.2 Å². The summed E-state index contributed by atoms with van der Waals surface area (Å²) in [6.45, 7) is 2.74. The molecule has 0 saturated carbocycles. The average molecular weight is 243 g/mol. The van der Waals surface area contributed by atoms with Crippen molar-refractivity contribution in [2.75, 3.05) is 7.11 Å². The number of benzene rings is 1. The maximum atomic E-state index is 13.5. The predicted molar refractivity (Wildman–Crippen MR) is 61.5 cm³/mol. The van der Waals surface area contributed by atoms with E-state index in [9.17, 15) is 4.39 Å². The molecule has 0 aliphatic carbocycles. The highest BCUT2D eigenvalue weighted by atomic mass is 35.5. The fraction of sp³-hybridized carbons (Fsp3) is 0.364. The molecule has 86 valence electrons. The molecule has 0 radical (unpaired) electrons. The van der Waals surface area contributed by atoms with Gasteiger partial charge in [0.25, 0.3) is 0 Å². The molecule has 0 aliphatic heterocycles. The van der Waals surface area contributed by atoms with Crippen LogP contribution in [0.2, 0.25) is 0 Å². The number of alkyl halides is 1. The summed E-state index contributed by atoms with van der Waals surface area (Å²) in [7, 11) is 1.44. The summed E-state index contributed by atoms with van der Waals surface area (Å²) in [5, 5.41) is 0. The van der Waals surface area contributed by atoms with Crippen molar-refractivity contribution in [3.8, 4) is 5.75 Å². The highest BCUT2D eigenvalue weighted by Crippen LogP contribution is 2.25. The van der Waals surface area contributed by atoms with Crippen LogP contribution < -0.4 is 4.74 Å². The van der Waals surface area contributed by atoms with Crippen molar-refractivity contribution >= 4 is 22.6 Å². The van der Waals surface area contributed by atoms with E-state index in [1.807, 2.05) is 11.5 Å². The molecule has 0 unspecified atom stereocenters. The molecule has 0 amide bonds. The molecule has 0 bridgehead atoms. The van der Waals surface area contributed by atoms with Gasteiger partial charge in [-0.1, -0.05) is 0 Å². The second kappa shape index (κ2) is 4.29. The SMILES string of the molecule is CCn1c(CCl)nc2cc(F)c(OC)cc21. The third-order valence-corrected chi connectivity index (χ3v) is 2.78. The van der Waals surface area contributed by atoms with Crippen LogP contribution in [0.5, 0.6) is 5.75 Å². The van der Waals surface area contributed by atoms with Crippen molar-refractivity contribution in [1.82, 2.24) is 9.55 Å². The molecular weight excluding hydrogens is 231 g/mol. The van der Waals surface area contributed by atoms with Crippen LogP contribution in [0.4, 0.5) is 4.39 Å². The molecule has 1 aromatic carbocycles. The van der Waals surface area contributed by atoms with Gasteiger partial charge >= 0.3 is 0 Å². The van der Waals surface area contributed by atoms with Crippen LogP contribution in [0.1, 0.15) is 12.7 Å². The Bertz CT molecular complexity index is 524. The van der Waals surface area contributed by atoms with Crippen molar-refractivity contribution < 1.29 is 9.13 Å². The lowest BCUT2D eigenvalue weighted by molar-refractivity contribution is 0.387. The molecule has 2 rings (SSSR count). The molecule has 0 spiro atoms. The quantitative estimate of drug-likeness (QED) is 0.774. The molecule has 0 atom stereocenters. The summed E-state index contributed by atoms with van der Waals surface area (Å²) in [6, 6.07) is 3.02. The first-order valence-corrected chi connectivity index (χ1v) is 5.53. The smallest absolute Gasteiger partial charge is 0.167 e. The second-order valence-electron chi connectivity index (χ2n) is 3.38. The zero-order chi connectivity index (χ0) is 11.7. The van der Waals surface area contributed by atoms with Gasteiger partial charge in [0.15, 0.2) is 11.6 Å². The average Bonchev–Trinajstić information content (AvgIpc) is 2.64. The number of ether oxygens (including phenoxy) is 1. The van der Waals surface area contributed by atoms with Gasteiger partial charge in [0.1, 0.15) is 5.82 Å². The van der Waals surface area contributed by atoms with Gasteiger partial charge in [-0.05, 0) is 6.92 Å². The van der Waals surface area contributed by atoms with Crippen LogP contribution >= 0.6 is 11.6 Å². The Balaban J connectivity index is 2.73. The Kier molecular flexibility index (Phi) is 3.01. The number of aromatic nitrogens is 2. The molecule has 3 nitrogen and oxygen atoms in total. The summed E-state index contributed by atoms with van der Waals surface area (Å²) in [6.07, 6.45) is 0. The van der Waals surface area contributed by atoms with Gasteiger partial charge in [-0.3, -0.25) is 0 Å². The molecule has 0 aliphatic rings. The minimum atomic E-state index is -0.406. The van der Waals surface area contributed by atoms with Gasteiger partial charge in [0, 0.05) is 18.7 Å². The third kappa shape index (κ3) is 1.63. The van der Waals surface area contributed by atoms with E-state index in [-0.39, 0.29) is 5.75 Å². The predicted octanol–water partition coefficient (Wildman–Crippen LogP) is 2.94. The lowest BCUT2D eigenvalue weighted by Crippen LogP contribution is -1.99. The maximum absolute atomic E-state index is 13.5. The van der Waals surface area contributed by atoms with Crippen molar-refractivity contribution in [2.45, 2.75) is 19.3 Å². The van der Waals surface area contributed by atoms with E-state index in [4.69, 9.17) is 16.3 Å². The summed E-state index contributed by atoms with van der Waals surface area (Å²) in [5.41, 5.74) is 1.45. The number of aryl methyl sites for hydroxylation is 1. The van der Waals surface area contributed by atoms with Crippen molar-refractivity contribution in [3.63, 3.8) is 0 Å². The Labute approximate surface area is 97.8 Å². The fourth-order valence-electron chi connectivity index (χ4n) is 1.79. The number of halogens is 2. The first-order chi connectivity index (χ1) is 7.71. The van der Waals surface area contributed by atoms with E-state index in [1.54, 1.807) is 6.07 Å². The van der Waals surface area contributed by atoms with E-state index in [2.05, 4.69) is 4.98 Å². The summed E-state index contributed by atoms with van der Waals surface area (Å²) in [4.78, 5) is 4.27. The number of rotatable bonds is 3. The molecule has 1 aromatic heterocycles. The molecule has 0 N–H and O–H groups in total. The van der Waals surface area contributed by atoms with Gasteiger partial charge in [0.05, 0.1) is 24.0 Å². The zero-order valence-corrected chi connectivity index (χ0v) is 9.88. The van der Waals surface area contributed by atoms with Gasteiger partial charge in [0.2, 0.25) is 0 Å². The van der Waals surface area contributed by atoms with Crippen LogP contribution in [0.3, 0.4) is 0 Å². The second-order valence-corrected chi connectivity index (χ2v) is 3.65. The summed E-state index contributed by atoms with van der Waals surface area (Å²) >= 11 is 5.79. The standard InChI is InChI=1S/C11H12ClFN2O/c1-3-15-9-5-10(16-2)7(13)4-8(9)14-11(15)6-12/h4-5H,3,6H2,1-2H3. The monoisotopic (exact) mass is 242 g/mol. The number of hydrogen-bond donors (Lipinski definition) is 0. The minimum absolute atomic E-state index is 0.225. The molecule has 1 heterocycles. The Morgan fingerprint density at radius 3 is 2.81 bits per heavy atom. The highest BCUT2D eigenvalue weighted by Gasteiger charge is 2.12. The number of hydrogen-bond acceptors (Lipinski definition) is 2. The van der Waals surface area contributed by atoms with Gasteiger partial charge in [-0.15, -0.1) is 11.6 Å². The molecular formula is C11H12ClFN2O. The number of nitrogens with zero attached hydrogens (tertiary/aromatic N) is 2. The summed E-state index contributed by atoms with van der Waals surface area (Å²) < 4.78 is 20.4. The van der Waals surface area contributed by atoms with Crippen LogP contribution in [0.15, 0.2) is 12.1 Å². The Morgan fingerprint density at radius 1 is 1.50 bits per heavy atom. The Morgan fingerprint density at radius 2 is 2.25 bits per heavy atom. The minimum Gasteiger partial charge on any atom is -0.494 e. The number of imidazole rings is 1. The normalized spacial score (nSPS) is 11.0. The fourth-order valence-corrected chi connectivity index (χ4v) is 1.99. The maximum Gasteiger partial charge on any atom is 0.167 e. The van der Waals surface area contributed by atoms with Crippen molar-refractivity contribution in [3.05, 3.63) is 23.8 Å². The molecule has 5 heteroatoms. The topological polar surface area (TPSA) is 27.1 Å². The van der Waals surface area contributed by atoms with Crippen LogP contribution in [-0.4, -0.2) is 16.7 Å². The Hall–Kier alpha value is -1.29. The van der Waals surface area contributed by atoms with Crippen molar-refractivity contribution in [1.29, 1.82) is 0 Å². The van der Waals surface area contributed by atoms with Gasteiger partial charge < -0.3 is 9.30 Å². The lowest BCUT2D eigenvalue weighted by atomic mass is 10.3.